The van der Waals surface area contributed by atoms with E-state index < -0.39 is 40.7 Å². The molecule has 9 heteroatoms. The summed E-state index contributed by atoms with van der Waals surface area (Å²) in [6.07, 6.45) is -2.06. The second-order valence-corrected chi connectivity index (χ2v) is 3.89. The normalized spacial score (nSPS) is 10.6. The minimum Gasteiger partial charge on any atom is -0.481 e. The molecule has 90 valence electrons. The number of rotatable bonds is 6. The van der Waals surface area contributed by atoms with Gasteiger partial charge in [0, 0.05) is 0 Å². The summed E-state index contributed by atoms with van der Waals surface area (Å²) in [5, 5.41) is 25.9. The van der Waals surface area contributed by atoms with Gasteiger partial charge in [0.2, 0.25) is 9.98 Å². The number of carbonyl (C=O) groups is 3. The third-order valence-electron chi connectivity index (χ3n) is 1.55. The molecule has 0 amide bonds. The van der Waals surface area contributed by atoms with Crippen LogP contribution in [0.25, 0.3) is 0 Å². The van der Waals surface area contributed by atoms with Crippen molar-refractivity contribution in [3.05, 3.63) is 0 Å². The number of carboxylic acids is 3. The van der Waals surface area contributed by atoms with Crippen LogP contribution in [0, 0.1) is 0 Å². The van der Waals surface area contributed by atoms with E-state index in [0.29, 0.717) is 0 Å². The summed E-state index contributed by atoms with van der Waals surface area (Å²) in [6.45, 7) is 0. The van der Waals surface area contributed by atoms with Gasteiger partial charge >= 0.3 is 17.9 Å². The molecule has 0 fully saturated rings. The summed E-state index contributed by atoms with van der Waals surface area (Å²) < 4.78 is 4.02. The summed E-state index contributed by atoms with van der Waals surface area (Å²) in [5.74, 6) is -4.77. The van der Waals surface area contributed by atoms with Gasteiger partial charge in [-0.2, -0.15) is 0 Å². The molecule has 0 atom stereocenters. The Bertz CT molecular complexity index is 297. The van der Waals surface area contributed by atoms with Crippen LogP contribution in [-0.4, -0.2) is 43.2 Å². The number of carboxylic acid groups (broad SMARTS) is 3. The number of ether oxygens (including phenoxy) is 1. The summed E-state index contributed by atoms with van der Waals surface area (Å²) >= 11 is 7.85. The minimum atomic E-state index is -2.43. The Hall–Kier alpha value is -1.35. The van der Waals surface area contributed by atoms with E-state index in [-0.39, 0.29) is 0 Å². The first-order valence-corrected chi connectivity index (χ1v) is 4.64. The van der Waals surface area contributed by atoms with E-state index in [1.807, 2.05) is 0 Å². The van der Waals surface area contributed by atoms with Gasteiger partial charge in [0.1, 0.15) is 0 Å². The van der Waals surface area contributed by atoms with Crippen LogP contribution in [0.3, 0.4) is 0 Å². The molecular weight excluding hydrogens is 260 g/mol. The van der Waals surface area contributed by atoms with Crippen molar-refractivity contribution in [3.8, 4) is 0 Å². The van der Waals surface area contributed by atoms with Crippen LogP contribution in [0.5, 0.6) is 0 Å². The molecule has 0 unspecified atom stereocenters. The fraction of sp³-hybridized carbons (Fsp3) is 0.429. The lowest BCUT2D eigenvalue weighted by Crippen LogP contribution is -2.46. The zero-order chi connectivity index (χ0) is 12.9. The van der Waals surface area contributed by atoms with Crippen molar-refractivity contribution in [2.75, 3.05) is 0 Å². The Labute approximate surface area is 100 Å². The second kappa shape index (κ2) is 5.66. The van der Waals surface area contributed by atoms with Crippen molar-refractivity contribution in [2.24, 2.45) is 0 Å². The first kappa shape index (κ1) is 14.6. The molecule has 3 N–H and O–H groups in total. The molecule has 7 nitrogen and oxygen atoms in total. The van der Waals surface area contributed by atoms with Crippen molar-refractivity contribution in [1.29, 1.82) is 0 Å². The minimum absolute atomic E-state index is 0.537. The molecule has 0 heterocycles. The highest BCUT2D eigenvalue weighted by Gasteiger charge is 2.46. The van der Waals surface area contributed by atoms with E-state index in [1.165, 1.54) is 0 Å². The van der Waals surface area contributed by atoms with Gasteiger partial charge in [-0.05, 0) is 12.2 Å². The number of thiol groups is 1. The average molecular weight is 268 g/mol. The van der Waals surface area contributed by atoms with Gasteiger partial charge in [-0.25, -0.2) is 4.79 Å². The van der Waals surface area contributed by atoms with E-state index in [4.69, 9.17) is 15.3 Å². The summed E-state index contributed by atoms with van der Waals surface area (Å²) in [6, 6.07) is 0. The van der Waals surface area contributed by atoms with Crippen molar-refractivity contribution in [3.63, 3.8) is 0 Å². The van der Waals surface area contributed by atoms with E-state index >= 15 is 0 Å². The van der Waals surface area contributed by atoms with Gasteiger partial charge in [-0.3, -0.25) is 9.59 Å². The van der Waals surface area contributed by atoms with E-state index in [9.17, 15) is 14.4 Å². The Morgan fingerprint density at radius 3 is 1.69 bits per heavy atom. The fourth-order valence-corrected chi connectivity index (χ4v) is 1.32. The molecule has 16 heavy (non-hydrogen) atoms. The largest absolute Gasteiger partial charge is 0.481 e. The maximum atomic E-state index is 10.9. The van der Waals surface area contributed by atoms with Crippen LogP contribution in [0.15, 0.2) is 0 Å². The molecule has 0 bridgehead atoms. The molecule has 0 rings (SSSR count). The molecule has 0 saturated carbocycles. The number of hydrogen-bond acceptors (Lipinski definition) is 5. The molecule has 0 aliphatic heterocycles. The van der Waals surface area contributed by atoms with Gasteiger partial charge in [0.05, 0.1) is 12.8 Å². The van der Waals surface area contributed by atoms with Crippen molar-refractivity contribution < 1.29 is 34.4 Å². The highest BCUT2D eigenvalue weighted by molar-refractivity contribution is 8.10. The average Bonchev–Trinajstić information content (AvgIpc) is 1.98. The van der Waals surface area contributed by atoms with Crippen LogP contribution >= 0.6 is 24.8 Å². The van der Waals surface area contributed by atoms with Crippen LogP contribution in [-0.2, 0) is 19.1 Å². The Kier molecular flexibility index (Phi) is 5.18. The third-order valence-corrected chi connectivity index (χ3v) is 1.72. The standard InChI is InChI=1S/C7H8O7S2/c8-3(9)1-7(5(12)13,2-4(10)11)14-6(15)16/h1-2H2,(H,8,9)(H,10,11)(H,12,13)(H,15,16). The number of thiocarbonyl (C=S) groups is 1. The predicted molar refractivity (Wildman–Crippen MR) is 57.5 cm³/mol. The zero-order valence-electron chi connectivity index (χ0n) is 7.74. The highest BCUT2D eigenvalue weighted by Crippen LogP contribution is 2.23. The second-order valence-electron chi connectivity index (χ2n) is 2.81. The maximum absolute atomic E-state index is 10.9. The maximum Gasteiger partial charge on any atom is 0.349 e. The topological polar surface area (TPSA) is 121 Å². The smallest absolute Gasteiger partial charge is 0.349 e. The Balaban J connectivity index is 5.19. The molecule has 0 spiro atoms. The quantitative estimate of drug-likeness (QED) is 0.392. The summed E-state index contributed by atoms with van der Waals surface area (Å²) in [5.41, 5.74) is -2.43. The van der Waals surface area contributed by atoms with E-state index in [1.54, 1.807) is 0 Å². The Morgan fingerprint density at radius 2 is 1.50 bits per heavy atom. The monoisotopic (exact) mass is 268 g/mol. The van der Waals surface area contributed by atoms with Crippen molar-refractivity contribution in [2.45, 2.75) is 18.4 Å². The van der Waals surface area contributed by atoms with Crippen LogP contribution in [0.1, 0.15) is 12.8 Å². The molecule has 0 aliphatic rings. The van der Waals surface area contributed by atoms with Crippen molar-refractivity contribution in [1.82, 2.24) is 0 Å². The first-order chi connectivity index (χ1) is 7.19. The predicted octanol–water partition coefficient (Wildman–Crippen LogP) is -0.00950. The van der Waals surface area contributed by atoms with Gasteiger partial charge in [-0.1, -0.05) is 12.6 Å². The van der Waals surface area contributed by atoms with Gasteiger partial charge in [0.15, 0.2) is 0 Å². The summed E-state index contributed by atoms with van der Waals surface area (Å²) in [4.78, 5) is 31.8. The highest BCUT2D eigenvalue weighted by atomic mass is 32.1. The SMILES string of the molecule is O=C(O)CC(CC(=O)O)(OC(=S)S)C(=O)O. The first-order valence-electron chi connectivity index (χ1n) is 3.78. The molecular formula is C7H8O7S2. The number of aliphatic carboxylic acids is 3. The Morgan fingerprint density at radius 1 is 1.12 bits per heavy atom. The fourth-order valence-electron chi connectivity index (χ4n) is 0.985. The molecule has 0 saturated heterocycles. The molecule has 0 aromatic carbocycles. The van der Waals surface area contributed by atoms with Crippen LogP contribution in [0.2, 0.25) is 0 Å². The van der Waals surface area contributed by atoms with E-state index in [0.717, 1.165) is 0 Å². The number of hydrogen-bond donors (Lipinski definition) is 4. The van der Waals surface area contributed by atoms with Gasteiger partial charge in [-0.15, -0.1) is 0 Å². The van der Waals surface area contributed by atoms with Gasteiger partial charge < -0.3 is 20.1 Å². The van der Waals surface area contributed by atoms with Crippen LogP contribution in [0.4, 0.5) is 0 Å². The lowest BCUT2D eigenvalue weighted by Gasteiger charge is -2.26. The molecule has 0 aromatic heterocycles. The molecule has 0 aliphatic carbocycles. The van der Waals surface area contributed by atoms with E-state index in [2.05, 4.69) is 29.6 Å². The molecule has 0 aromatic rings. The summed E-state index contributed by atoms with van der Waals surface area (Å²) in [7, 11) is 0. The third kappa shape index (κ3) is 4.45. The molecule has 0 radical (unpaired) electrons. The van der Waals surface area contributed by atoms with Gasteiger partial charge in [0.25, 0.3) is 0 Å². The van der Waals surface area contributed by atoms with Crippen molar-refractivity contribution >= 4 is 47.1 Å². The van der Waals surface area contributed by atoms with Crippen LogP contribution < -0.4 is 0 Å². The zero-order valence-corrected chi connectivity index (χ0v) is 9.46. The lowest BCUT2D eigenvalue weighted by molar-refractivity contribution is -0.168. The lowest BCUT2D eigenvalue weighted by atomic mass is 9.95.